The van der Waals surface area contributed by atoms with E-state index in [0.29, 0.717) is 0 Å². The Morgan fingerprint density at radius 3 is 2.33 bits per heavy atom. The summed E-state index contributed by atoms with van der Waals surface area (Å²) >= 11 is 0. The zero-order valence-electron chi connectivity index (χ0n) is 13.0. The van der Waals surface area contributed by atoms with Crippen LogP contribution < -0.4 is 113 Å². The van der Waals surface area contributed by atoms with Gasteiger partial charge < -0.3 is 20.1 Å². The van der Waals surface area contributed by atoms with Gasteiger partial charge in [-0.3, -0.25) is 4.99 Å². The molecular weight excluding hydrogens is 328 g/mol. The largest absolute Gasteiger partial charge is 1.00 e. The van der Waals surface area contributed by atoms with Crippen molar-refractivity contribution in [3.05, 3.63) is 12.2 Å². The van der Waals surface area contributed by atoms with Crippen LogP contribution in [0.25, 0.3) is 0 Å². The monoisotopic (exact) mass is 347 g/mol. The molecule has 0 saturated carbocycles. The van der Waals surface area contributed by atoms with Gasteiger partial charge in [-0.2, -0.15) is 0 Å². The van der Waals surface area contributed by atoms with Gasteiger partial charge in [0.15, 0.2) is 0 Å². The topological polar surface area (TPSA) is 113 Å². The Hall–Kier alpha value is 1.42. The van der Waals surface area contributed by atoms with E-state index in [-0.39, 0.29) is 116 Å². The van der Waals surface area contributed by atoms with Gasteiger partial charge in [0.2, 0.25) is 0 Å². The van der Waals surface area contributed by atoms with Gasteiger partial charge in [0.1, 0.15) is 6.04 Å². The van der Waals surface area contributed by atoms with Crippen LogP contribution in [0.4, 0.5) is 0 Å². The molecule has 0 fully saturated rings. The molecule has 0 aliphatic heterocycles. The van der Waals surface area contributed by atoms with E-state index in [0.717, 1.165) is 19.3 Å². The molecule has 8 heteroatoms. The molecule has 0 spiro atoms. The molecule has 1 atom stereocenters. The van der Waals surface area contributed by atoms with Crippen molar-refractivity contribution < 1.29 is 128 Å². The predicted molar refractivity (Wildman–Crippen MR) is 66.4 cm³/mol. The molecular formula is C13H19K2NO5. The molecule has 0 aliphatic rings. The molecule has 0 aromatic rings. The quantitative estimate of drug-likeness (QED) is 0.139. The van der Waals surface area contributed by atoms with Crippen molar-refractivity contribution >= 4 is 17.8 Å². The summed E-state index contributed by atoms with van der Waals surface area (Å²) in [5, 5.41) is 30.4. The fraction of sp³-hybridized carbons (Fsp3) is 0.615. The average molecular weight is 347 g/mol. The van der Waals surface area contributed by atoms with Crippen molar-refractivity contribution in [3.8, 4) is 0 Å². The Balaban J connectivity index is -0.00000162. The van der Waals surface area contributed by atoms with Crippen molar-refractivity contribution in [2.45, 2.75) is 51.5 Å². The van der Waals surface area contributed by atoms with E-state index < -0.39 is 30.3 Å². The van der Waals surface area contributed by atoms with Crippen LogP contribution >= 0.6 is 0 Å². The zero-order chi connectivity index (χ0) is 14.7. The summed E-state index contributed by atoms with van der Waals surface area (Å²) in [6, 6.07) is -1.31. The number of hydrogen-bond acceptors (Lipinski definition) is 5. The van der Waals surface area contributed by atoms with Crippen LogP contribution in [0, 0.1) is 0 Å². The van der Waals surface area contributed by atoms with Crippen molar-refractivity contribution in [2.24, 2.45) is 4.99 Å². The summed E-state index contributed by atoms with van der Waals surface area (Å²) < 4.78 is 0. The second kappa shape index (κ2) is 17.8. The Kier molecular flexibility index (Phi) is 23.1. The fourth-order valence-corrected chi connectivity index (χ4v) is 1.35. The third-order valence-corrected chi connectivity index (χ3v) is 2.39. The third kappa shape index (κ3) is 17.6. The Morgan fingerprint density at radius 1 is 1.24 bits per heavy atom. The number of aliphatic imine (C=N–C) groups is 1. The minimum Gasteiger partial charge on any atom is -0.862 e. The van der Waals surface area contributed by atoms with Crippen LogP contribution in [0.15, 0.2) is 17.1 Å². The summed E-state index contributed by atoms with van der Waals surface area (Å²) in [4.78, 5) is 24.5. The van der Waals surface area contributed by atoms with Gasteiger partial charge in [0.05, 0.1) is 0 Å². The number of aliphatic carboxylic acids is 2. The van der Waals surface area contributed by atoms with E-state index in [9.17, 15) is 19.8 Å². The summed E-state index contributed by atoms with van der Waals surface area (Å²) in [7, 11) is 0. The minimum atomic E-state index is -1.35. The number of carboxylic acids is 2. The van der Waals surface area contributed by atoms with E-state index in [1.807, 2.05) is 6.08 Å². The van der Waals surface area contributed by atoms with Crippen LogP contribution in [-0.2, 0) is 9.59 Å². The van der Waals surface area contributed by atoms with Crippen LogP contribution in [0.3, 0.4) is 0 Å². The zero-order valence-corrected chi connectivity index (χ0v) is 19.2. The van der Waals surface area contributed by atoms with Gasteiger partial charge >= 0.3 is 109 Å². The first-order valence-electron chi connectivity index (χ1n) is 6.28. The van der Waals surface area contributed by atoms with Gasteiger partial charge in [0.25, 0.3) is 0 Å². The minimum absolute atomic E-state index is 0. The van der Waals surface area contributed by atoms with Gasteiger partial charge in [-0.15, -0.1) is 0 Å². The van der Waals surface area contributed by atoms with E-state index in [1.165, 1.54) is 0 Å². The van der Waals surface area contributed by atoms with Crippen LogP contribution in [-0.4, -0.2) is 29.0 Å². The van der Waals surface area contributed by atoms with E-state index in [2.05, 4.69) is 11.9 Å². The molecule has 6 nitrogen and oxygen atoms in total. The van der Waals surface area contributed by atoms with Crippen LogP contribution in [0.2, 0.25) is 0 Å². The Labute approximate surface area is 210 Å². The first kappa shape index (κ1) is 27.3. The number of rotatable bonds is 10. The fourth-order valence-electron chi connectivity index (χ4n) is 1.35. The molecule has 0 bridgehead atoms. The summed E-state index contributed by atoms with van der Waals surface area (Å²) in [6.07, 6.45) is 5.85. The summed E-state index contributed by atoms with van der Waals surface area (Å²) in [6.45, 7) is 2.06. The SMILES string of the molecule is CCCC/C=C/CC([O-])=N[C@@H](CCC(=O)[O-])C(=O)O.[K+].[K+]. The molecule has 0 radical (unpaired) electrons. The molecule has 0 aromatic heterocycles. The van der Waals surface area contributed by atoms with Crippen LogP contribution in [0.1, 0.15) is 45.4 Å². The molecule has 0 heterocycles. The number of allylic oxidation sites excluding steroid dienone is 1. The number of carboxylic acid groups (broad SMARTS) is 2. The first-order valence-corrected chi connectivity index (χ1v) is 6.28. The van der Waals surface area contributed by atoms with Crippen molar-refractivity contribution in [1.82, 2.24) is 0 Å². The number of nitrogens with zero attached hydrogens (tertiary/aromatic N) is 1. The second-order valence-electron chi connectivity index (χ2n) is 4.11. The summed E-state index contributed by atoms with van der Waals surface area (Å²) in [5.74, 6) is -3.21. The Bertz CT molecular complexity index is 358. The molecule has 0 saturated heterocycles. The van der Waals surface area contributed by atoms with Gasteiger partial charge in [-0.25, -0.2) is 4.79 Å². The maximum atomic E-state index is 11.4. The predicted octanol–water partition coefficient (Wildman–Crippen LogP) is -6.13. The average Bonchev–Trinajstić information content (AvgIpc) is 2.33. The molecule has 108 valence electrons. The van der Waals surface area contributed by atoms with E-state index in [4.69, 9.17) is 5.11 Å². The summed E-state index contributed by atoms with van der Waals surface area (Å²) in [5.41, 5.74) is 0. The third-order valence-electron chi connectivity index (χ3n) is 2.39. The van der Waals surface area contributed by atoms with E-state index >= 15 is 0 Å². The first-order chi connectivity index (χ1) is 8.97. The maximum absolute atomic E-state index is 11.4. The molecule has 1 N–H and O–H groups in total. The smallest absolute Gasteiger partial charge is 0.862 e. The maximum Gasteiger partial charge on any atom is 1.00 e. The Morgan fingerprint density at radius 2 is 1.86 bits per heavy atom. The van der Waals surface area contributed by atoms with Crippen molar-refractivity contribution in [1.29, 1.82) is 0 Å². The van der Waals surface area contributed by atoms with E-state index in [1.54, 1.807) is 6.08 Å². The van der Waals surface area contributed by atoms with Gasteiger partial charge in [0, 0.05) is 5.97 Å². The number of hydrogen-bond donors (Lipinski definition) is 1. The van der Waals surface area contributed by atoms with Gasteiger partial charge in [-0.05, 0) is 31.6 Å². The molecule has 0 aromatic carbocycles. The molecule has 0 aliphatic carbocycles. The number of carbonyl (C=O) groups excluding carboxylic acids is 1. The van der Waals surface area contributed by atoms with Crippen molar-refractivity contribution in [2.75, 3.05) is 0 Å². The number of unbranched alkanes of at least 4 members (excludes halogenated alkanes) is 2. The molecule has 0 unspecified atom stereocenters. The molecule has 0 amide bonds. The standard InChI is InChI=1S/C13H21NO5.2K/c1-2-3-4-5-6-7-11(15)14-10(13(18)19)8-9-12(16)17;;/h5-6,10H,2-4,7-9H2,1H3,(H,14,15)(H,16,17)(H,18,19);;/q;2*+1/p-2/b6-5+;;/t10-;;/m0../s1. The normalized spacial score (nSPS) is 12.3. The van der Waals surface area contributed by atoms with Gasteiger partial charge in [-0.1, -0.05) is 31.9 Å². The van der Waals surface area contributed by atoms with Crippen molar-refractivity contribution in [3.63, 3.8) is 0 Å². The second-order valence-corrected chi connectivity index (χ2v) is 4.11. The molecule has 0 rings (SSSR count). The molecule has 21 heavy (non-hydrogen) atoms. The number of carbonyl (C=O) groups is 2. The van der Waals surface area contributed by atoms with Crippen LogP contribution in [0.5, 0.6) is 0 Å².